The third kappa shape index (κ3) is 4.45. The Kier molecular flexibility index (Phi) is 5.70. The van der Waals surface area contributed by atoms with E-state index >= 15 is 0 Å². The maximum absolute atomic E-state index is 15.0. The number of aromatic nitrogens is 1. The summed E-state index contributed by atoms with van der Waals surface area (Å²) in [5.41, 5.74) is 1.95. The number of carbonyl (C=O) groups is 1. The Labute approximate surface area is 204 Å². The molecule has 0 unspecified atom stereocenters. The molecule has 1 aliphatic rings. The van der Waals surface area contributed by atoms with Crippen LogP contribution in [0.2, 0.25) is 0 Å². The predicted molar refractivity (Wildman–Crippen MR) is 133 cm³/mol. The monoisotopic (exact) mass is 512 g/mol. The van der Waals surface area contributed by atoms with Gasteiger partial charge >= 0.3 is 6.03 Å². The molecule has 11 heteroatoms. The standard InChI is InChI=1S/C24H21FN4O4S2/c1-14-3-6-22(34-14)35(32,33)27-24(31)26-18-4-5-21(20(25)11-18)29-8-7-15-9-16-12-28(2)13-17(16)10-19(15)23(29)30/h3-11H,12-13H2,1-2H3,(H2,26,27,31). The molecule has 2 aromatic carbocycles. The van der Waals surface area contributed by atoms with Crippen LogP contribution >= 0.6 is 11.3 Å². The fourth-order valence-electron chi connectivity index (χ4n) is 4.17. The van der Waals surface area contributed by atoms with E-state index in [1.165, 1.54) is 34.5 Å². The first kappa shape index (κ1) is 23.2. The zero-order valence-corrected chi connectivity index (χ0v) is 20.5. The van der Waals surface area contributed by atoms with Gasteiger partial charge in [0.25, 0.3) is 15.6 Å². The fourth-order valence-corrected chi connectivity index (χ4v) is 6.36. The highest BCUT2D eigenvalue weighted by atomic mass is 32.2. The number of urea groups is 1. The van der Waals surface area contributed by atoms with Crippen LogP contribution in [0.25, 0.3) is 16.5 Å². The van der Waals surface area contributed by atoms with Crippen LogP contribution in [0.3, 0.4) is 0 Å². The minimum absolute atomic E-state index is 0.000328. The maximum Gasteiger partial charge on any atom is 0.333 e. The molecule has 180 valence electrons. The van der Waals surface area contributed by atoms with E-state index in [9.17, 15) is 22.4 Å². The molecule has 1 aliphatic heterocycles. The highest BCUT2D eigenvalue weighted by Gasteiger charge is 2.21. The second kappa shape index (κ2) is 8.59. The second-order valence-electron chi connectivity index (χ2n) is 8.46. The van der Waals surface area contributed by atoms with Crippen molar-refractivity contribution in [3.63, 3.8) is 0 Å². The normalized spacial score (nSPS) is 13.7. The van der Waals surface area contributed by atoms with Crippen molar-refractivity contribution in [1.82, 2.24) is 14.2 Å². The van der Waals surface area contributed by atoms with Gasteiger partial charge < -0.3 is 5.32 Å². The number of sulfonamides is 1. The van der Waals surface area contributed by atoms with Crippen LogP contribution in [0, 0.1) is 12.7 Å². The van der Waals surface area contributed by atoms with E-state index in [1.807, 2.05) is 23.9 Å². The van der Waals surface area contributed by atoms with Crippen molar-refractivity contribution in [3.8, 4) is 5.69 Å². The van der Waals surface area contributed by atoms with Gasteiger partial charge in [-0.05, 0) is 79.0 Å². The van der Waals surface area contributed by atoms with E-state index in [-0.39, 0.29) is 21.1 Å². The lowest BCUT2D eigenvalue weighted by Gasteiger charge is -2.12. The lowest BCUT2D eigenvalue weighted by molar-refractivity contribution is 0.256. The zero-order chi connectivity index (χ0) is 24.9. The summed E-state index contributed by atoms with van der Waals surface area (Å²) >= 11 is 1.03. The molecule has 0 aliphatic carbocycles. The molecule has 3 heterocycles. The largest absolute Gasteiger partial charge is 0.333 e. The van der Waals surface area contributed by atoms with Gasteiger partial charge in [0.1, 0.15) is 10.0 Å². The summed E-state index contributed by atoms with van der Waals surface area (Å²) in [6, 6.07) is 11.4. The highest BCUT2D eigenvalue weighted by molar-refractivity contribution is 7.92. The Morgan fingerprint density at radius 2 is 1.80 bits per heavy atom. The van der Waals surface area contributed by atoms with E-state index in [4.69, 9.17) is 0 Å². The number of nitrogens with zero attached hydrogens (tertiary/aromatic N) is 2. The van der Waals surface area contributed by atoms with Gasteiger partial charge in [-0.15, -0.1) is 11.3 Å². The summed E-state index contributed by atoms with van der Waals surface area (Å²) in [6.45, 7) is 3.32. The molecular formula is C24H21FN4O4S2. The van der Waals surface area contributed by atoms with E-state index < -0.39 is 21.9 Å². The summed E-state index contributed by atoms with van der Waals surface area (Å²) in [5, 5.41) is 3.60. The fraction of sp³-hybridized carbons (Fsp3) is 0.167. The Bertz CT molecular complexity index is 1660. The van der Waals surface area contributed by atoms with Crippen molar-refractivity contribution in [3.05, 3.63) is 86.9 Å². The molecule has 0 spiro atoms. The molecule has 4 aromatic rings. The van der Waals surface area contributed by atoms with Crippen LogP contribution in [0.15, 0.2) is 63.7 Å². The van der Waals surface area contributed by atoms with E-state index in [0.29, 0.717) is 5.39 Å². The summed E-state index contributed by atoms with van der Waals surface area (Å²) < 4.78 is 42.7. The smallest absolute Gasteiger partial charge is 0.307 e. The molecule has 0 radical (unpaired) electrons. The van der Waals surface area contributed by atoms with Gasteiger partial charge in [-0.1, -0.05) is 0 Å². The molecule has 5 rings (SSSR count). The molecule has 8 nitrogen and oxygen atoms in total. The van der Waals surface area contributed by atoms with Crippen molar-refractivity contribution in [1.29, 1.82) is 0 Å². The number of anilines is 1. The van der Waals surface area contributed by atoms with Gasteiger partial charge in [0.05, 0.1) is 5.69 Å². The van der Waals surface area contributed by atoms with Crippen molar-refractivity contribution in [2.45, 2.75) is 24.2 Å². The number of halogens is 1. The molecule has 2 N–H and O–H groups in total. The lowest BCUT2D eigenvalue weighted by Crippen LogP contribution is -2.34. The number of thiophene rings is 1. The summed E-state index contributed by atoms with van der Waals surface area (Å²) in [4.78, 5) is 28.3. The van der Waals surface area contributed by atoms with Crippen molar-refractivity contribution >= 4 is 43.9 Å². The number of fused-ring (bicyclic) bond motifs is 2. The van der Waals surface area contributed by atoms with Crippen molar-refractivity contribution < 1.29 is 17.6 Å². The van der Waals surface area contributed by atoms with Crippen molar-refractivity contribution in [2.75, 3.05) is 12.4 Å². The maximum atomic E-state index is 15.0. The topological polar surface area (TPSA) is 101 Å². The van der Waals surface area contributed by atoms with Crippen molar-refractivity contribution in [2.24, 2.45) is 0 Å². The number of hydrogen-bond acceptors (Lipinski definition) is 6. The minimum Gasteiger partial charge on any atom is -0.307 e. The SMILES string of the molecule is Cc1ccc(S(=O)(=O)NC(=O)Nc2ccc(-n3ccc4cc5c(cc4c3=O)CN(C)C5)c(F)c2)s1. The van der Waals surface area contributed by atoms with Gasteiger partial charge in [0.2, 0.25) is 0 Å². The Morgan fingerprint density at radius 3 is 2.49 bits per heavy atom. The molecule has 0 fully saturated rings. The van der Waals surface area contributed by atoms with Crippen LogP contribution in [0.1, 0.15) is 16.0 Å². The molecule has 0 saturated carbocycles. The predicted octanol–water partition coefficient (Wildman–Crippen LogP) is 3.96. The third-order valence-electron chi connectivity index (χ3n) is 5.78. The number of amides is 2. The van der Waals surface area contributed by atoms with Gasteiger partial charge in [-0.2, -0.15) is 0 Å². The summed E-state index contributed by atoms with van der Waals surface area (Å²) in [6.07, 6.45) is 1.52. The van der Waals surface area contributed by atoms with Gasteiger partial charge in [0, 0.05) is 35.2 Å². The molecule has 2 amide bonds. The van der Waals surface area contributed by atoms with Crippen LogP contribution in [0.5, 0.6) is 0 Å². The van der Waals surface area contributed by atoms with E-state index in [0.717, 1.165) is 46.3 Å². The number of aryl methyl sites for hydroxylation is 1. The summed E-state index contributed by atoms with van der Waals surface area (Å²) in [7, 11) is -2.03. The molecule has 0 atom stereocenters. The van der Waals surface area contributed by atoms with Gasteiger partial charge in [-0.3, -0.25) is 14.3 Å². The Hall–Kier alpha value is -3.54. The number of rotatable bonds is 4. The van der Waals surface area contributed by atoms with Crippen LogP contribution in [0.4, 0.5) is 14.9 Å². The minimum atomic E-state index is -4.04. The third-order valence-corrected chi connectivity index (χ3v) is 8.60. The van der Waals surface area contributed by atoms with Gasteiger partial charge in [-0.25, -0.2) is 22.3 Å². The first-order valence-electron chi connectivity index (χ1n) is 10.7. The Morgan fingerprint density at radius 1 is 1.06 bits per heavy atom. The zero-order valence-electron chi connectivity index (χ0n) is 18.8. The quantitative estimate of drug-likeness (QED) is 0.431. The first-order chi connectivity index (χ1) is 16.6. The number of hydrogen-bond donors (Lipinski definition) is 2. The lowest BCUT2D eigenvalue weighted by atomic mass is 10.0. The number of benzene rings is 2. The molecule has 35 heavy (non-hydrogen) atoms. The summed E-state index contributed by atoms with van der Waals surface area (Å²) in [5.74, 6) is -0.748. The number of pyridine rings is 1. The van der Waals surface area contributed by atoms with Crippen LogP contribution in [-0.4, -0.2) is 31.0 Å². The molecule has 0 saturated heterocycles. The van der Waals surface area contributed by atoms with E-state index in [1.54, 1.807) is 19.1 Å². The highest BCUT2D eigenvalue weighted by Crippen LogP contribution is 2.26. The van der Waals surface area contributed by atoms with E-state index in [2.05, 4.69) is 10.2 Å². The average molecular weight is 513 g/mol. The molecular weight excluding hydrogens is 491 g/mol. The Balaban J connectivity index is 1.39. The average Bonchev–Trinajstić information content (AvgIpc) is 3.38. The van der Waals surface area contributed by atoms with Crippen LogP contribution in [-0.2, 0) is 23.1 Å². The molecule has 2 aromatic heterocycles. The van der Waals surface area contributed by atoms with Crippen LogP contribution < -0.4 is 15.6 Å². The van der Waals surface area contributed by atoms with Gasteiger partial charge in [0.15, 0.2) is 0 Å². The number of carbonyl (C=O) groups excluding carboxylic acids is 1. The second-order valence-corrected chi connectivity index (χ2v) is 11.7. The first-order valence-corrected chi connectivity index (χ1v) is 13.0. The molecule has 0 bridgehead atoms. The number of nitrogens with one attached hydrogen (secondary N) is 2.